The summed E-state index contributed by atoms with van der Waals surface area (Å²) in [5.41, 5.74) is -0.754. The number of halogens is 3. The van der Waals surface area contributed by atoms with Crippen molar-refractivity contribution < 1.29 is 41.7 Å². The number of carbonyl (C=O) groups excluding carboxylic acids is 2. The molecule has 1 heterocycles. The Labute approximate surface area is 263 Å². The van der Waals surface area contributed by atoms with Crippen LogP contribution in [0, 0.1) is 29.1 Å². The maximum Gasteiger partial charge on any atom is 0.420 e. The van der Waals surface area contributed by atoms with Crippen LogP contribution >= 0.6 is 11.8 Å². The summed E-state index contributed by atoms with van der Waals surface area (Å²) in [5, 5.41) is 8.58. The molecular formula is C33H33F3N2O6S. The Morgan fingerprint density at radius 1 is 0.978 bits per heavy atom. The molecule has 45 heavy (non-hydrogen) atoms. The Hall–Kier alpha value is -3.53. The van der Waals surface area contributed by atoms with Gasteiger partial charge < -0.3 is 18.9 Å². The third-order valence-corrected chi connectivity index (χ3v) is 9.98. The van der Waals surface area contributed by atoms with E-state index in [1.54, 1.807) is 6.07 Å². The second-order valence-corrected chi connectivity index (χ2v) is 13.2. The van der Waals surface area contributed by atoms with Crippen molar-refractivity contribution in [2.75, 3.05) is 33.5 Å². The van der Waals surface area contributed by atoms with Crippen molar-refractivity contribution >= 4 is 29.0 Å². The molecule has 0 spiro atoms. The van der Waals surface area contributed by atoms with Crippen molar-refractivity contribution in [2.45, 2.75) is 50.3 Å². The van der Waals surface area contributed by atoms with Crippen molar-refractivity contribution in [3.63, 3.8) is 0 Å². The van der Waals surface area contributed by atoms with Gasteiger partial charge in [-0.15, -0.1) is 0 Å². The molecule has 238 valence electrons. The van der Waals surface area contributed by atoms with Gasteiger partial charge in [-0.1, -0.05) is 6.07 Å². The number of amides is 2. The second-order valence-electron chi connectivity index (χ2n) is 12.2. The molecule has 12 heteroatoms. The number of benzene rings is 2. The summed E-state index contributed by atoms with van der Waals surface area (Å²) in [7, 11) is 1.33. The number of nitriles is 1. The summed E-state index contributed by atoms with van der Waals surface area (Å²) in [4.78, 5) is 26.9. The van der Waals surface area contributed by atoms with Crippen molar-refractivity contribution in [2.24, 2.45) is 17.8 Å². The van der Waals surface area contributed by atoms with E-state index in [0.717, 1.165) is 59.7 Å². The fourth-order valence-corrected chi connectivity index (χ4v) is 8.38. The highest BCUT2D eigenvalue weighted by Crippen LogP contribution is 2.57. The number of rotatable bonds is 11. The van der Waals surface area contributed by atoms with Gasteiger partial charge in [-0.3, -0.25) is 14.5 Å². The Morgan fingerprint density at radius 2 is 1.67 bits per heavy atom. The maximum absolute atomic E-state index is 13.6. The summed E-state index contributed by atoms with van der Waals surface area (Å²) in [6, 6.07) is 9.14. The minimum Gasteiger partial charge on any atom is -0.493 e. The number of nitrogens with zero attached hydrogens (tertiary/aromatic N) is 2. The van der Waals surface area contributed by atoms with Gasteiger partial charge in [0, 0.05) is 0 Å². The van der Waals surface area contributed by atoms with Crippen molar-refractivity contribution in [1.82, 2.24) is 4.90 Å². The third kappa shape index (κ3) is 6.86. The Balaban J connectivity index is 1.03. The van der Waals surface area contributed by atoms with Crippen LogP contribution in [0.1, 0.15) is 55.2 Å². The highest BCUT2D eigenvalue weighted by molar-refractivity contribution is 8.18. The largest absolute Gasteiger partial charge is 0.493 e. The van der Waals surface area contributed by atoms with Gasteiger partial charge in [0.15, 0.2) is 11.5 Å². The zero-order chi connectivity index (χ0) is 31.8. The number of methoxy groups -OCH3 is 1. The highest BCUT2D eigenvalue weighted by Gasteiger charge is 2.51. The number of alkyl halides is 3. The zero-order valence-corrected chi connectivity index (χ0v) is 25.5. The van der Waals surface area contributed by atoms with Crippen LogP contribution in [-0.2, 0) is 20.4 Å². The molecule has 2 aromatic carbocycles. The quantitative estimate of drug-likeness (QED) is 0.185. The van der Waals surface area contributed by atoms with Crippen LogP contribution in [0.5, 0.6) is 17.2 Å². The van der Waals surface area contributed by atoms with Crippen molar-refractivity contribution in [3.05, 3.63) is 58.0 Å². The summed E-state index contributed by atoms with van der Waals surface area (Å²) < 4.78 is 63.7. The van der Waals surface area contributed by atoms with Crippen LogP contribution in [0.25, 0.3) is 6.08 Å². The van der Waals surface area contributed by atoms with Gasteiger partial charge >= 0.3 is 6.18 Å². The molecule has 0 radical (unpaired) electrons. The van der Waals surface area contributed by atoms with E-state index in [4.69, 9.17) is 24.2 Å². The topological polar surface area (TPSA) is 98.1 Å². The minimum atomic E-state index is -4.74. The standard InChI is InChI=1S/C33H33F3N2O6S/c1-41-28-14-20(2-5-27(28)44-26-4-3-21(19-37)13-25(26)33(34,35)36)15-29-30(39)38(31(40)45-29)6-7-42-8-9-43-32-16-22-10-23(17-32)12-24(11-22)18-32/h2-5,13-15,22-24H,6-12,16-18H2,1H3/b29-15-. The number of imide groups is 1. The first kappa shape index (κ1) is 31.5. The molecule has 2 aromatic rings. The van der Waals surface area contributed by atoms with Gasteiger partial charge in [-0.25, -0.2) is 0 Å². The van der Waals surface area contributed by atoms with E-state index in [0.29, 0.717) is 24.8 Å². The van der Waals surface area contributed by atoms with E-state index in [1.165, 1.54) is 56.7 Å². The average molecular weight is 643 g/mol. The first-order valence-electron chi connectivity index (χ1n) is 15.0. The van der Waals surface area contributed by atoms with E-state index in [-0.39, 0.29) is 40.7 Å². The molecule has 0 unspecified atom stereocenters. The van der Waals surface area contributed by atoms with Gasteiger partial charge in [-0.2, -0.15) is 18.4 Å². The van der Waals surface area contributed by atoms with Gasteiger partial charge in [0.05, 0.1) is 61.2 Å². The predicted molar refractivity (Wildman–Crippen MR) is 160 cm³/mol. The molecule has 2 amide bonds. The number of hydrogen-bond acceptors (Lipinski definition) is 8. The summed E-state index contributed by atoms with van der Waals surface area (Å²) in [6.07, 6.45) is 4.28. The minimum absolute atomic E-state index is 0.00211. The van der Waals surface area contributed by atoms with Crippen LogP contribution in [0.4, 0.5) is 18.0 Å². The maximum atomic E-state index is 13.6. The first-order valence-corrected chi connectivity index (χ1v) is 15.8. The lowest BCUT2D eigenvalue weighted by Gasteiger charge is -2.56. The SMILES string of the molecule is COc1cc(/C=C2\SC(=O)N(CCOCCOC34CC5CC(CC(C5)C3)C4)C2=O)ccc1Oc1ccc(C#N)cc1C(F)(F)F. The fraction of sp³-hybridized carbons (Fsp3) is 0.485. The summed E-state index contributed by atoms with van der Waals surface area (Å²) in [5.74, 6) is 1.58. The van der Waals surface area contributed by atoms with Crippen molar-refractivity contribution in [3.8, 4) is 23.3 Å². The molecule has 0 atom stereocenters. The molecule has 1 saturated heterocycles. The molecular weight excluding hydrogens is 609 g/mol. The predicted octanol–water partition coefficient (Wildman–Crippen LogP) is 7.42. The van der Waals surface area contributed by atoms with Gasteiger partial charge in [0.25, 0.3) is 11.1 Å². The number of ether oxygens (including phenoxy) is 4. The fourth-order valence-electron chi connectivity index (χ4n) is 7.51. The van der Waals surface area contributed by atoms with Gasteiger partial charge in [-0.05, 0) is 110 Å². The van der Waals surface area contributed by atoms with Crippen LogP contribution in [0.3, 0.4) is 0 Å². The average Bonchev–Trinajstić information content (AvgIpc) is 3.25. The summed E-state index contributed by atoms with van der Waals surface area (Å²) in [6.45, 7) is 1.21. The molecule has 5 fully saturated rings. The van der Waals surface area contributed by atoms with Gasteiger partial charge in [0.1, 0.15) is 5.75 Å². The van der Waals surface area contributed by atoms with E-state index in [2.05, 4.69) is 0 Å². The lowest BCUT2D eigenvalue weighted by molar-refractivity contribution is -0.169. The van der Waals surface area contributed by atoms with Crippen LogP contribution in [0.2, 0.25) is 0 Å². The van der Waals surface area contributed by atoms with E-state index >= 15 is 0 Å². The smallest absolute Gasteiger partial charge is 0.420 e. The van der Waals surface area contributed by atoms with E-state index < -0.39 is 28.6 Å². The van der Waals surface area contributed by atoms with Crippen LogP contribution in [0.15, 0.2) is 41.3 Å². The number of thioether (sulfide) groups is 1. The zero-order valence-electron chi connectivity index (χ0n) is 24.7. The molecule has 4 aliphatic carbocycles. The van der Waals surface area contributed by atoms with Gasteiger partial charge in [0.2, 0.25) is 0 Å². The highest BCUT2D eigenvalue weighted by atomic mass is 32.2. The number of hydrogen-bond donors (Lipinski definition) is 0. The van der Waals surface area contributed by atoms with Crippen LogP contribution in [-0.4, -0.2) is 55.1 Å². The Bertz CT molecular complexity index is 1520. The molecule has 0 N–H and O–H groups in total. The molecule has 1 aliphatic heterocycles. The monoisotopic (exact) mass is 642 g/mol. The lowest BCUT2D eigenvalue weighted by atomic mass is 9.54. The molecule has 8 nitrogen and oxygen atoms in total. The van der Waals surface area contributed by atoms with E-state index in [1.807, 2.05) is 0 Å². The lowest BCUT2D eigenvalue weighted by Crippen LogP contribution is -2.52. The second kappa shape index (κ2) is 12.7. The number of carbonyl (C=O) groups is 2. The Morgan fingerprint density at radius 3 is 2.31 bits per heavy atom. The van der Waals surface area contributed by atoms with E-state index in [9.17, 15) is 22.8 Å². The Kier molecular flexibility index (Phi) is 8.87. The third-order valence-electron chi connectivity index (χ3n) is 9.07. The first-order chi connectivity index (χ1) is 21.6. The van der Waals surface area contributed by atoms with Crippen LogP contribution < -0.4 is 9.47 Å². The molecule has 4 bridgehead atoms. The molecule has 5 aliphatic rings. The summed E-state index contributed by atoms with van der Waals surface area (Å²) >= 11 is 0.800. The van der Waals surface area contributed by atoms with Crippen molar-refractivity contribution in [1.29, 1.82) is 5.26 Å². The molecule has 0 aromatic heterocycles. The normalized spacial score (nSPS) is 26.5. The molecule has 7 rings (SSSR count). The molecule has 4 saturated carbocycles.